The van der Waals surface area contributed by atoms with Gasteiger partial charge in [-0.1, -0.05) is 46.5 Å². The minimum atomic E-state index is -1.07. The fraction of sp³-hybridized carbons (Fsp3) is 0.941. The number of carboxylic acid groups (broad SMARTS) is 1. The molecule has 5 N–H and O–H groups in total. The summed E-state index contributed by atoms with van der Waals surface area (Å²) in [7, 11) is 0. The molecule has 138 valence electrons. The van der Waals surface area contributed by atoms with E-state index in [9.17, 15) is 20.1 Å². The van der Waals surface area contributed by atoms with Crippen LogP contribution in [0.2, 0.25) is 0 Å². The highest BCUT2D eigenvalue weighted by molar-refractivity contribution is 5.74. The molecule has 6 nitrogen and oxygen atoms in total. The van der Waals surface area contributed by atoms with Crippen LogP contribution in [0.25, 0.3) is 0 Å². The zero-order chi connectivity index (χ0) is 17.7. The topological polar surface area (TPSA) is 102 Å². The van der Waals surface area contributed by atoms with Gasteiger partial charge in [-0.3, -0.25) is 4.79 Å². The first kappa shape index (κ1) is 22.3. The van der Waals surface area contributed by atoms with E-state index in [2.05, 4.69) is 17.6 Å². The normalized spacial score (nSPS) is 16.7. The average molecular weight is 332 g/mol. The summed E-state index contributed by atoms with van der Waals surface area (Å²) in [5, 5.41) is 35.2. The number of carbonyl (C=O) groups is 1. The molecule has 0 fully saturated rings. The fourth-order valence-corrected chi connectivity index (χ4v) is 2.52. The van der Waals surface area contributed by atoms with Gasteiger partial charge >= 0.3 is 5.97 Å². The van der Waals surface area contributed by atoms with Gasteiger partial charge in [0.15, 0.2) is 0 Å². The molecular formula is C17H36N2O4. The maximum atomic E-state index is 11.2. The molecule has 0 aromatic carbocycles. The van der Waals surface area contributed by atoms with E-state index in [1.807, 2.05) is 6.92 Å². The maximum Gasteiger partial charge on any atom is 0.323 e. The summed E-state index contributed by atoms with van der Waals surface area (Å²) in [4.78, 5) is 11.2. The monoisotopic (exact) mass is 332 g/mol. The first-order chi connectivity index (χ1) is 11.0. The average Bonchev–Trinajstić information content (AvgIpc) is 2.54. The largest absolute Gasteiger partial charge is 0.480 e. The number of unbranched alkanes of at least 4 members (excludes halogenated alkanes) is 4. The highest BCUT2D eigenvalue weighted by Crippen LogP contribution is 2.04. The number of hydrogen-bond donors (Lipinski definition) is 5. The maximum absolute atomic E-state index is 11.2. The van der Waals surface area contributed by atoms with Crippen LogP contribution >= 0.6 is 0 Å². The highest BCUT2D eigenvalue weighted by atomic mass is 16.4. The molecule has 0 spiro atoms. The van der Waals surface area contributed by atoms with Gasteiger partial charge in [-0.25, -0.2) is 0 Å². The lowest BCUT2D eigenvalue weighted by molar-refractivity contribution is -0.142. The van der Waals surface area contributed by atoms with Crippen molar-refractivity contribution in [1.82, 2.24) is 10.6 Å². The standard InChI is InChI=1S/C17H36N2O4/c1-4-7-8-9-10-11-18-13(14(20)5-2)12-19-16(17(22)23)15(21)6-3/h13-16,18-21H,4-12H2,1-3H3,(H,22,23). The molecule has 23 heavy (non-hydrogen) atoms. The molecule has 0 heterocycles. The summed E-state index contributed by atoms with van der Waals surface area (Å²) < 4.78 is 0. The second-order valence-electron chi connectivity index (χ2n) is 6.15. The summed E-state index contributed by atoms with van der Waals surface area (Å²) in [6.45, 7) is 6.95. The smallest absolute Gasteiger partial charge is 0.323 e. The van der Waals surface area contributed by atoms with E-state index in [1.165, 1.54) is 19.3 Å². The van der Waals surface area contributed by atoms with Crippen molar-refractivity contribution < 1.29 is 20.1 Å². The van der Waals surface area contributed by atoms with Gasteiger partial charge in [-0.05, 0) is 25.8 Å². The third-order valence-electron chi connectivity index (χ3n) is 4.20. The zero-order valence-electron chi connectivity index (χ0n) is 14.9. The zero-order valence-corrected chi connectivity index (χ0v) is 14.9. The number of carboxylic acids is 1. The third-order valence-corrected chi connectivity index (χ3v) is 4.20. The van der Waals surface area contributed by atoms with Crippen molar-refractivity contribution in [2.24, 2.45) is 0 Å². The SMILES string of the molecule is CCCCCCCNC(CNC(C(=O)O)C(O)CC)C(O)CC. The molecule has 4 atom stereocenters. The lowest BCUT2D eigenvalue weighted by Crippen LogP contribution is -2.53. The van der Waals surface area contributed by atoms with E-state index >= 15 is 0 Å². The van der Waals surface area contributed by atoms with Gasteiger partial charge < -0.3 is 26.0 Å². The number of hydrogen-bond acceptors (Lipinski definition) is 5. The van der Waals surface area contributed by atoms with E-state index in [0.717, 1.165) is 19.4 Å². The Morgan fingerprint density at radius 1 is 0.913 bits per heavy atom. The van der Waals surface area contributed by atoms with Crippen LogP contribution in [0.4, 0.5) is 0 Å². The number of nitrogens with one attached hydrogen (secondary N) is 2. The predicted molar refractivity (Wildman–Crippen MR) is 92.6 cm³/mol. The van der Waals surface area contributed by atoms with Crippen molar-refractivity contribution in [1.29, 1.82) is 0 Å². The Bertz CT molecular complexity index is 302. The number of aliphatic hydroxyl groups excluding tert-OH is 2. The fourth-order valence-electron chi connectivity index (χ4n) is 2.52. The Balaban J connectivity index is 4.30. The Hall–Kier alpha value is -0.690. The van der Waals surface area contributed by atoms with E-state index in [0.29, 0.717) is 19.4 Å². The van der Waals surface area contributed by atoms with Crippen LogP contribution in [0, 0.1) is 0 Å². The second kappa shape index (κ2) is 13.7. The summed E-state index contributed by atoms with van der Waals surface area (Å²) in [6.07, 6.45) is 5.40. The van der Waals surface area contributed by atoms with Gasteiger partial charge in [-0.15, -0.1) is 0 Å². The van der Waals surface area contributed by atoms with Crippen LogP contribution in [0.1, 0.15) is 65.7 Å². The molecule has 0 aliphatic carbocycles. The molecule has 0 aromatic rings. The van der Waals surface area contributed by atoms with Gasteiger partial charge in [0.05, 0.1) is 12.2 Å². The quantitative estimate of drug-likeness (QED) is 0.291. The van der Waals surface area contributed by atoms with E-state index in [-0.39, 0.29) is 6.04 Å². The first-order valence-corrected chi connectivity index (χ1v) is 9.03. The number of aliphatic hydroxyl groups is 2. The Labute approximate surface area is 140 Å². The molecule has 0 aliphatic heterocycles. The molecule has 0 rings (SSSR count). The van der Waals surface area contributed by atoms with Crippen molar-refractivity contribution in [3.8, 4) is 0 Å². The van der Waals surface area contributed by atoms with E-state index in [1.54, 1.807) is 6.92 Å². The molecule has 0 bridgehead atoms. The molecule has 0 radical (unpaired) electrons. The van der Waals surface area contributed by atoms with Crippen molar-refractivity contribution in [2.75, 3.05) is 13.1 Å². The summed E-state index contributed by atoms with van der Waals surface area (Å²) in [6, 6.07) is -1.21. The summed E-state index contributed by atoms with van der Waals surface area (Å²) >= 11 is 0. The molecule has 4 unspecified atom stereocenters. The van der Waals surface area contributed by atoms with E-state index in [4.69, 9.17) is 0 Å². The summed E-state index contributed by atoms with van der Waals surface area (Å²) in [5.74, 6) is -1.07. The molecule has 0 aromatic heterocycles. The minimum Gasteiger partial charge on any atom is -0.480 e. The van der Waals surface area contributed by atoms with Crippen molar-refractivity contribution in [2.45, 2.75) is 90.0 Å². The van der Waals surface area contributed by atoms with Crippen molar-refractivity contribution in [3.05, 3.63) is 0 Å². The van der Waals surface area contributed by atoms with Crippen LogP contribution in [0.5, 0.6) is 0 Å². The van der Waals surface area contributed by atoms with E-state index < -0.39 is 24.2 Å². The lowest BCUT2D eigenvalue weighted by atomic mass is 10.1. The van der Waals surface area contributed by atoms with Crippen molar-refractivity contribution in [3.63, 3.8) is 0 Å². The minimum absolute atomic E-state index is 0.211. The Morgan fingerprint density at radius 2 is 1.52 bits per heavy atom. The van der Waals surface area contributed by atoms with Crippen LogP contribution in [-0.4, -0.2) is 58.7 Å². The van der Waals surface area contributed by atoms with Crippen LogP contribution in [0.15, 0.2) is 0 Å². The molecule has 0 amide bonds. The van der Waals surface area contributed by atoms with Crippen molar-refractivity contribution >= 4 is 5.97 Å². The molecule has 0 aliphatic rings. The number of rotatable bonds is 15. The van der Waals surface area contributed by atoms with Gasteiger partial charge in [0, 0.05) is 12.6 Å². The third kappa shape index (κ3) is 9.91. The molecule has 0 saturated carbocycles. The highest BCUT2D eigenvalue weighted by Gasteiger charge is 2.26. The molecular weight excluding hydrogens is 296 g/mol. The molecule has 0 saturated heterocycles. The number of aliphatic carboxylic acids is 1. The Kier molecular flexibility index (Phi) is 13.3. The van der Waals surface area contributed by atoms with Crippen LogP contribution < -0.4 is 10.6 Å². The van der Waals surface area contributed by atoms with Gasteiger partial charge in [0.1, 0.15) is 6.04 Å². The van der Waals surface area contributed by atoms with Gasteiger partial charge in [0.25, 0.3) is 0 Å². The second-order valence-corrected chi connectivity index (χ2v) is 6.15. The summed E-state index contributed by atoms with van der Waals surface area (Å²) in [5.41, 5.74) is 0. The van der Waals surface area contributed by atoms with Gasteiger partial charge in [0.2, 0.25) is 0 Å². The Morgan fingerprint density at radius 3 is 2.04 bits per heavy atom. The van der Waals surface area contributed by atoms with Gasteiger partial charge in [-0.2, -0.15) is 0 Å². The first-order valence-electron chi connectivity index (χ1n) is 9.03. The predicted octanol–water partition coefficient (Wildman–Crippen LogP) is 1.50. The lowest BCUT2D eigenvalue weighted by Gasteiger charge is -2.27. The molecule has 6 heteroatoms. The van der Waals surface area contributed by atoms with Crippen LogP contribution in [0.3, 0.4) is 0 Å². The van der Waals surface area contributed by atoms with Crippen LogP contribution in [-0.2, 0) is 4.79 Å².